The van der Waals surface area contributed by atoms with Gasteiger partial charge in [-0.15, -0.1) is 0 Å². The topological polar surface area (TPSA) is 44.3 Å². The second kappa shape index (κ2) is 3.15. The molecule has 0 aliphatic carbocycles. The molecule has 1 heterocycles. The molecule has 1 rings (SSSR count). The van der Waals surface area contributed by atoms with Gasteiger partial charge in [-0.05, 0) is 20.0 Å². The average molecular weight is 130 g/mol. The summed E-state index contributed by atoms with van der Waals surface area (Å²) in [5, 5.41) is 15.4. The summed E-state index contributed by atoms with van der Waals surface area (Å²) in [5.74, 6) is 0. The molecule has 9 heavy (non-hydrogen) atoms. The molecule has 0 aromatic heterocycles. The van der Waals surface area contributed by atoms with Gasteiger partial charge in [0.15, 0.2) is 0 Å². The molecule has 3 heteroatoms. The SMILES string of the molecule is CN[C@H]1CCNC[C@@H]1O. The molecule has 0 aromatic carbocycles. The molecule has 0 amide bonds. The van der Waals surface area contributed by atoms with Crippen molar-refractivity contribution in [2.24, 2.45) is 0 Å². The summed E-state index contributed by atoms with van der Waals surface area (Å²) in [5.41, 5.74) is 0. The van der Waals surface area contributed by atoms with E-state index < -0.39 is 0 Å². The van der Waals surface area contributed by atoms with E-state index >= 15 is 0 Å². The number of nitrogens with one attached hydrogen (secondary N) is 2. The second-order valence-corrected chi connectivity index (χ2v) is 2.46. The first-order valence-electron chi connectivity index (χ1n) is 3.40. The van der Waals surface area contributed by atoms with Crippen LogP contribution in [0.1, 0.15) is 6.42 Å². The van der Waals surface area contributed by atoms with Gasteiger partial charge in [0.1, 0.15) is 0 Å². The van der Waals surface area contributed by atoms with Crippen LogP contribution in [-0.4, -0.2) is 37.4 Å². The van der Waals surface area contributed by atoms with Crippen LogP contribution >= 0.6 is 0 Å². The van der Waals surface area contributed by atoms with E-state index in [1.54, 1.807) is 0 Å². The third-order valence-corrected chi connectivity index (χ3v) is 1.82. The Morgan fingerprint density at radius 2 is 2.44 bits per heavy atom. The van der Waals surface area contributed by atoms with Gasteiger partial charge in [-0.3, -0.25) is 0 Å². The Labute approximate surface area is 55.5 Å². The van der Waals surface area contributed by atoms with E-state index in [9.17, 15) is 5.11 Å². The van der Waals surface area contributed by atoms with Crippen LogP contribution in [0, 0.1) is 0 Å². The van der Waals surface area contributed by atoms with Crippen LogP contribution in [0.3, 0.4) is 0 Å². The van der Waals surface area contributed by atoms with Crippen molar-refractivity contribution in [1.82, 2.24) is 10.6 Å². The van der Waals surface area contributed by atoms with Crippen molar-refractivity contribution in [2.45, 2.75) is 18.6 Å². The minimum absolute atomic E-state index is 0.205. The molecule has 0 aromatic rings. The molecule has 1 fully saturated rings. The number of piperidine rings is 1. The molecule has 3 nitrogen and oxygen atoms in total. The molecule has 0 spiro atoms. The Kier molecular flexibility index (Phi) is 2.45. The van der Waals surface area contributed by atoms with Gasteiger partial charge in [-0.25, -0.2) is 0 Å². The fourth-order valence-electron chi connectivity index (χ4n) is 1.18. The van der Waals surface area contributed by atoms with Crippen LogP contribution in [0.5, 0.6) is 0 Å². The number of hydrogen-bond donors (Lipinski definition) is 3. The number of β-amino-alcohol motifs (C(OH)–C–C–N with tert-alkyl or cyclic N) is 1. The summed E-state index contributed by atoms with van der Waals surface area (Å²) in [6.07, 6.45) is 0.821. The maximum atomic E-state index is 9.24. The van der Waals surface area contributed by atoms with Crippen molar-refractivity contribution < 1.29 is 5.11 Å². The molecular formula is C6H14N2O. The minimum Gasteiger partial charge on any atom is -0.390 e. The first kappa shape index (κ1) is 6.99. The molecule has 0 saturated carbocycles. The fourth-order valence-corrected chi connectivity index (χ4v) is 1.18. The Bertz CT molecular complexity index is 87.1. The van der Waals surface area contributed by atoms with E-state index in [4.69, 9.17) is 0 Å². The number of aliphatic hydroxyl groups excluding tert-OH is 1. The standard InChI is InChI=1S/C6H14N2O/c1-7-5-2-3-8-4-6(5)9/h5-9H,2-4H2,1H3/t5-,6-/m0/s1. The first-order valence-corrected chi connectivity index (χ1v) is 3.40. The lowest BCUT2D eigenvalue weighted by Crippen LogP contribution is -2.49. The number of rotatable bonds is 1. The lowest BCUT2D eigenvalue weighted by atomic mass is 10.0. The molecule has 3 N–H and O–H groups in total. The molecule has 54 valence electrons. The van der Waals surface area contributed by atoms with Crippen molar-refractivity contribution >= 4 is 0 Å². The molecule has 0 radical (unpaired) electrons. The predicted molar refractivity (Wildman–Crippen MR) is 36.3 cm³/mol. The zero-order valence-electron chi connectivity index (χ0n) is 5.72. The van der Waals surface area contributed by atoms with Crippen LogP contribution in [-0.2, 0) is 0 Å². The van der Waals surface area contributed by atoms with Crippen molar-refractivity contribution in [2.75, 3.05) is 20.1 Å². The van der Waals surface area contributed by atoms with Crippen LogP contribution in [0.25, 0.3) is 0 Å². The zero-order valence-corrected chi connectivity index (χ0v) is 5.72. The Balaban J connectivity index is 2.30. The average Bonchev–Trinajstić information content (AvgIpc) is 1.89. The zero-order chi connectivity index (χ0) is 6.69. The van der Waals surface area contributed by atoms with E-state index in [0.717, 1.165) is 19.5 Å². The van der Waals surface area contributed by atoms with Crippen LogP contribution in [0.2, 0.25) is 0 Å². The smallest absolute Gasteiger partial charge is 0.0817 e. The molecular weight excluding hydrogens is 116 g/mol. The third-order valence-electron chi connectivity index (χ3n) is 1.82. The Morgan fingerprint density at radius 3 is 2.89 bits per heavy atom. The van der Waals surface area contributed by atoms with E-state index in [-0.39, 0.29) is 6.10 Å². The normalized spacial score (nSPS) is 36.7. The highest BCUT2D eigenvalue weighted by Gasteiger charge is 2.19. The first-order chi connectivity index (χ1) is 4.34. The molecule has 2 atom stereocenters. The number of hydrogen-bond acceptors (Lipinski definition) is 3. The van der Waals surface area contributed by atoms with Gasteiger partial charge in [0.2, 0.25) is 0 Å². The van der Waals surface area contributed by atoms with Gasteiger partial charge in [0, 0.05) is 12.6 Å². The quantitative estimate of drug-likeness (QED) is 0.423. The monoisotopic (exact) mass is 130 g/mol. The summed E-state index contributed by atoms with van der Waals surface area (Å²) in [4.78, 5) is 0. The van der Waals surface area contributed by atoms with E-state index in [2.05, 4.69) is 10.6 Å². The number of likely N-dealkylation sites (N-methyl/N-ethyl adjacent to an activating group) is 1. The maximum absolute atomic E-state index is 9.24. The van der Waals surface area contributed by atoms with Gasteiger partial charge in [0.05, 0.1) is 6.10 Å². The second-order valence-electron chi connectivity index (χ2n) is 2.46. The summed E-state index contributed by atoms with van der Waals surface area (Å²) < 4.78 is 0. The van der Waals surface area contributed by atoms with E-state index in [0.29, 0.717) is 6.04 Å². The van der Waals surface area contributed by atoms with Crippen molar-refractivity contribution in [3.05, 3.63) is 0 Å². The Hall–Kier alpha value is -0.120. The van der Waals surface area contributed by atoms with Crippen LogP contribution < -0.4 is 10.6 Å². The summed E-state index contributed by atoms with van der Waals surface area (Å²) in [6.45, 7) is 1.74. The van der Waals surface area contributed by atoms with Gasteiger partial charge >= 0.3 is 0 Å². The summed E-state index contributed by atoms with van der Waals surface area (Å²) >= 11 is 0. The highest BCUT2D eigenvalue weighted by Crippen LogP contribution is 2.01. The minimum atomic E-state index is -0.205. The summed E-state index contributed by atoms with van der Waals surface area (Å²) in [6, 6.07) is 0.297. The van der Waals surface area contributed by atoms with Gasteiger partial charge in [0.25, 0.3) is 0 Å². The molecule has 0 unspecified atom stereocenters. The van der Waals surface area contributed by atoms with Crippen molar-refractivity contribution in [3.63, 3.8) is 0 Å². The maximum Gasteiger partial charge on any atom is 0.0817 e. The van der Waals surface area contributed by atoms with Gasteiger partial charge < -0.3 is 15.7 Å². The lowest BCUT2D eigenvalue weighted by molar-refractivity contribution is 0.107. The van der Waals surface area contributed by atoms with E-state index in [1.807, 2.05) is 7.05 Å². The predicted octanol–water partition coefficient (Wildman–Crippen LogP) is -1.07. The molecule has 1 aliphatic rings. The number of aliphatic hydroxyl groups is 1. The van der Waals surface area contributed by atoms with Gasteiger partial charge in [-0.1, -0.05) is 0 Å². The molecule has 0 bridgehead atoms. The lowest BCUT2D eigenvalue weighted by Gasteiger charge is -2.27. The molecule has 1 aliphatic heterocycles. The van der Waals surface area contributed by atoms with E-state index in [1.165, 1.54) is 0 Å². The van der Waals surface area contributed by atoms with Gasteiger partial charge in [-0.2, -0.15) is 0 Å². The highest BCUT2D eigenvalue weighted by molar-refractivity contribution is 4.81. The molecule has 1 saturated heterocycles. The van der Waals surface area contributed by atoms with Crippen molar-refractivity contribution in [1.29, 1.82) is 0 Å². The Morgan fingerprint density at radius 1 is 1.67 bits per heavy atom. The third kappa shape index (κ3) is 1.64. The fraction of sp³-hybridized carbons (Fsp3) is 1.00. The van der Waals surface area contributed by atoms with Crippen LogP contribution in [0.4, 0.5) is 0 Å². The van der Waals surface area contributed by atoms with Crippen LogP contribution in [0.15, 0.2) is 0 Å². The largest absolute Gasteiger partial charge is 0.390 e. The highest BCUT2D eigenvalue weighted by atomic mass is 16.3. The van der Waals surface area contributed by atoms with Crippen molar-refractivity contribution in [3.8, 4) is 0 Å². The summed E-state index contributed by atoms with van der Waals surface area (Å²) in [7, 11) is 1.89.